The number of hydrogen-bond acceptors (Lipinski definition) is 2. The highest BCUT2D eigenvalue weighted by atomic mass is 19.1. The van der Waals surface area contributed by atoms with Gasteiger partial charge < -0.3 is 9.80 Å². The summed E-state index contributed by atoms with van der Waals surface area (Å²) >= 11 is 0. The van der Waals surface area contributed by atoms with Crippen molar-refractivity contribution in [2.45, 2.75) is 25.8 Å². The summed E-state index contributed by atoms with van der Waals surface area (Å²) in [5, 5.41) is 0. The number of nitrogens with zero attached hydrogens (tertiary/aromatic N) is 2. The lowest BCUT2D eigenvalue weighted by Gasteiger charge is -2.35. The van der Waals surface area contributed by atoms with Gasteiger partial charge in [0.2, 0.25) is 11.8 Å². The Labute approximate surface area is 135 Å². The Kier molecular flexibility index (Phi) is 4.46. The Hall–Kier alpha value is -2.17. The molecule has 0 saturated carbocycles. The van der Waals surface area contributed by atoms with Crippen molar-refractivity contribution in [1.82, 2.24) is 9.80 Å². The molecule has 0 atom stereocenters. The molecule has 0 aliphatic carbocycles. The third-order valence-corrected chi connectivity index (χ3v) is 4.82. The average molecular weight is 316 g/mol. The molecule has 1 saturated heterocycles. The molecule has 23 heavy (non-hydrogen) atoms. The Morgan fingerprint density at radius 1 is 1.13 bits per heavy atom. The summed E-state index contributed by atoms with van der Waals surface area (Å²) in [5.41, 5.74) is 2.03. The normalized spacial score (nSPS) is 18.5. The minimum Gasteiger partial charge on any atom is -0.339 e. The Balaban J connectivity index is 1.61. The number of hydrogen-bond donors (Lipinski definition) is 0. The molecule has 1 aromatic rings. The van der Waals surface area contributed by atoms with Crippen molar-refractivity contribution < 1.29 is 14.0 Å². The molecule has 3 rings (SSSR count). The van der Waals surface area contributed by atoms with Gasteiger partial charge in [0.1, 0.15) is 5.82 Å². The first-order valence-corrected chi connectivity index (χ1v) is 8.06. The Morgan fingerprint density at radius 3 is 2.57 bits per heavy atom. The van der Waals surface area contributed by atoms with Gasteiger partial charge in [-0.2, -0.15) is 0 Å². The number of piperidine rings is 1. The van der Waals surface area contributed by atoms with Gasteiger partial charge in [0.05, 0.1) is 0 Å². The summed E-state index contributed by atoms with van der Waals surface area (Å²) in [6.45, 7) is 5.91. The monoisotopic (exact) mass is 316 g/mol. The Morgan fingerprint density at radius 2 is 1.87 bits per heavy atom. The van der Waals surface area contributed by atoms with Gasteiger partial charge in [-0.05, 0) is 48.6 Å². The van der Waals surface area contributed by atoms with Crippen molar-refractivity contribution in [1.29, 1.82) is 0 Å². The van der Waals surface area contributed by atoms with E-state index >= 15 is 0 Å². The SMILES string of the molecule is C=CC(=O)N1CCC(C(=O)N2CCc3cc(F)ccc3C2)CC1. The molecule has 2 aliphatic heterocycles. The molecular weight excluding hydrogens is 295 g/mol. The number of carbonyl (C=O) groups is 2. The molecule has 1 aromatic carbocycles. The molecule has 5 heteroatoms. The molecular formula is C18H21FN2O2. The van der Waals surface area contributed by atoms with Crippen molar-refractivity contribution in [2.75, 3.05) is 19.6 Å². The zero-order valence-corrected chi connectivity index (χ0v) is 13.1. The number of fused-ring (bicyclic) bond motifs is 1. The van der Waals surface area contributed by atoms with Crippen LogP contribution in [0.2, 0.25) is 0 Å². The van der Waals surface area contributed by atoms with E-state index in [1.165, 1.54) is 12.1 Å². The summed E-state index contributed by atoms with van der Waals surface area (Å²) in [5.74, 6) is -0.149. The summed E-state index contributed by atoms with van der Waals surface area (Å²) in [6, 6.07) is 4.79. The van der Waals surface area contributed by atoms with Crippen molar-refractivity contribution >= 4 is 11.8 Å². The second kappa shape index (κ2) is 6.52. The number of amides is 2. The second-order valence-corrected chi connectivity index (χ2v) is 6.23. The van der Waals surface area contributed by atoms with Crippen LogP contribution in [0.3, 0.4) is 0 Å². The van der Waals surface area contributed by atoms with Crippen LogP contribution in [-0.4, -0.2) is 41.2 Å². The van der Waals surface area contributed by atoms with Gasteiger partial charge in [-0.25, -0.2) is 4.39 Å². The number of carbonyl (C=O) groups excluding carboxylic acids is 2. The molecule has 0 aromatic heterocycles. The first-order valence-electron chi connectivity index (χ1n) is 8.06. The highest BCUT2D eigenvalue weighted by molar-refractivity contribution is 5.87. The highest BCUT2D eigenvalue weighted by Gasteiger charge is 2.31. The number of halogens is 1. The van der Waals surface area contributed by atoms with Crippen molar-refractivity contribution in [3.05, 3.63) is 47.8 Å². The van der Waals surface area contributed by atoms with Gasteiger partial charge in [0, 0.05) is 32.1 Å². The first kappa shape index (κ1) is 15.7. The maximum atomic E-state index is 13.3. The molecule has 2 heterocycles. The number of rotatable bonds is 2. The quantitative estimate of drug-likeness (QED) is 0.784. The molecule has 2 amide bonds. The molecule has 2 aliphatic rings. The third-order valence-electron chi connectivity index (χ3n) is 4.82. The van der Waals surface area contributed by atoms with Crippen molar-refractivity contribution in [3.63, 3.8) is 0 Å². The van der Waals surface area contributed by atoms with Gasteiger partial charge in [-0.1, -0.05) is 12.6 Å². The lowest BCUT2D eigenvalue weighted by molar-refractivity contribution is -0.140. The lowest BCUT2D eigenvalue weighted by Crippen LogP contribution is -2.45. The van der Waals surface area contributed by atoms with Crippen LogP contribution in [0, 0.1) is 11.7 Å². The van der Waals surface area contributed by atoms with E-state index in [4.69, 9.17) is 0 Å². The number of benzene rings is 1. The predicted molar refractivity (Wildman–Crippen MR) is 85.0 cm³/mol. The van der Waals surface area contributed by atoms with Crippen LogP contribution in [-0.2, 0) is 22.6 Å². The predicted octanol–water partition coefficient (Wildman–Crippen LogP) is 2.13. The van der Waals surface area contributed by atoms with E-state index in [0.717, 1.165) is 11.1 Å². The second-order valence-electron chi connectivity index (χ2n) is 6.23. The fourth-order valence-electron chi connectivity index (χ4n) is 3.44. The summed E-state index contributed by atoms with van der Waals surface area (Å²) in [6.07, 6.45) is 3.42. The fraction of sp³-hybridized carbons (Fsp3) is 0.444. The average Bonchev–Trinajstić information content (AvgIpc) is 2.60. The molecule has 4 nitrogen and oxygen atoms in total. The molecule has 0 spiro atoms. The minimum atomic E-state index is -0.220. The van der Waals surface area contributed by atoms with Gasteiger partial charge in [0.25, 0.3) is 0 Å². The minimum absolute atomic E-state index is 0.0223. The molecule has 0 radical (unpaired) electrons. The smallest absolute Gasteiger partial charge is 0.245 e. The van der Waals surface area contributed by atoms with Gasteiger partial charge in [-0.15, -0.1) is 0 Å². The van der Waals surface area contributed by atoms with Crippen LogP contribution in [0.4, 0.5) is 4.39 Å². The van der Waals surface area contributed by atoms with E-state index in [2.05, 4.69) is 6.58 Å². The van der Waals surface area contributed by atoms with Gasteiger partial charge >= 0.3 is 0 Å². The first-order chi connectivity index (χ1) is 11.1. The van der Waals surface area contributed by atoms with E-state index in [1.54, 1.807) is 17.0 Å². The molecule has 1 fully saturated rings. The number of likely N-dealkylation sites (tertiary alicyclic amines) is 1. The molecule has 0 unspecified atom stereocenters. The largest absolute Gasteiger partial charge is 0.339 e. The zero-order valence-electron chi connectivity index (χ0n) is 13.1. The summed E-state index contributed by atoms with van der Waals surface area (Å²) in [4.78, 5) is 27.9. The third kappa shape index (κ3) is 3.28. The molecule has 122 valence electrons. The van der Waals surface area contributed by atoms with Crippen LogP contribution in [0.15, 0.2) is 30.9 Å². The van der Waals surface area contributed by atoms with E-state index < -0.39 is 0 Å². The van der Waals surface area contributed by atoms with Crippen LogP contribution in [0.1, 0.15) is 24.0 Å². The lowest BCUT2D eigenvalue weighted by atomic mass is 9.93. The fourth-order valence-corrected chi connectivity index (χ4v) is 3.44. The van der Waals surface area contributed by atoms with E-state index in [1.807, 2.05) is 4.90 Å². The van der Waals surface area contributed by atoms with E-state index in [9.17, 15) is 14.0 Å². The van der Waals surface area contributed by atoms with Crippen LogP contribution < -0.4 is 0 Å². The van der Waals surface area contributed by atoms with Crippen molar-refractivity contribution in [3.8, 4) is 0 Å². The van der Waals surface area contributed by atoms with E-state index in [0.29, 0.717) is 45.4 Å². The standard InChI is InChI=1S/C18H21FN2O2/c1-2-17(22)20-8-5-13(6-9-20)18(23)21-10-7-14-11-16(19)4-3-15(14)12-21/h2-4,11,13H,1,5-10,12H2. The summed E-state index contributed by atoms with van der Waals surface area (Å²) < 4.78 is 13.3. The zero-order chi connectivity index (χ0) is 16.4. The van der Waals surface area contributed by atoms with Gasteiger partial charge in [-0.3, -0.25) is 9.59 Å². The van der Waals surface area contributed by atoms with Crippen molar-refractivity contribution in [2.24, 2.45) is 5.92 Å². The summed E-state index contributed by atoms with van der Waals surface area (Å²) in [7, 11) is 0. The highest BCUT2D eigenvalue weighted by Crippen LogP contribution is 2.25. The van der Waals surface area contributed by atoms with Gasteiger partial charge in [0.15, 0.2) is 0 Å². The van der Waals surface area contributed by atoms with E-state index in [-0.39, 0.29) is 23.5 Å². The maximum absolute atomic E-state index is 13.3. The Bertz CT molecular complexity index is 636. The molecule has 0 bridgehead atoms. The van der Waals surface area contributed by atoms with Crippen LogP contribution in [0.25, 0.3) is 0 Å². The molecule has 0 N–H and O–H groups in total. The van der Waals surface area contributed by atoms with Crippen LogP contribution in [0.5, 0.6) is 0 Å². The van der Waals surface area contributed by atoms with Crippen LogP contribution >= 0.6 is 0 Å². The topological polar surface area (TPSA) is 40.6 Å². The maximum Gasteiger partial charge on any atom is 0.245 e.